The molecule has 0 spiro atoms. The van der Waals surface area contributed by atoms with Gasteiger partial charge in [0.2, 0.25) is 12.2 Å². The van der Waals surface area contributed by atoms with Crippen molar-refractivity contribution in [2.24, 2.45) is 0 Å². The van der Waals surface area contributed by atoms with Crippen molar-refractivity contribution in [3.05, 3.63) is 44.8 Å². The fourth-order valence-electron chi connectivity index (χ4n) is 1.23. The number of nitro groups is 2. The highest BCUT2D eigenvalue weighted by atomic mass is 16.6. The molecule has 0 N–H and O–H groups in total. The minimum atomic E-state index is -0.726. The molecule has 9 heteroatoms. The highest BCUT2D eigenvalue weighted by Crippen LogP contribution is 2.27. The Kier molecular flexibility index (Phi) is 2.49. The van der Waals surface area contributed by atoms with Gasteiger partial charge in [-0.15, -0.1) is 0 Å². The van der Waals surface area contributed by atoms with Gasteiger partial charge in [0.25, 0.3) is 11.4 Å². The largest absolute Gasteiger partial charge is 0.342 e. The van der Waals surface area contributed by atoms with E-state index in [0.29, 0.717) is 0 Å². The fourth-order valence-corrected chi connectivity index (χ4v) is 1.23. The van der Waals surface area contributed by atoms with Crippen LogP contribution in [-0.4, -0.2) is 20.0 Å². The Hall–Kier alpha value is -2.84. The lowest BCUT2D eigenvalue weighted by atomic mass is 10.1. The normalized spacial score (nSPS) is 10.1. The molecule has 1 aromatic carbocycles. The molecule has 0 fully saturated rings. The molecular formula is C8H4N4O5. The van der Waals surface area contributed by atoms with E-state index in [0.717, 1.165) is 24.6 Å². The van der Waals surface area contributed by atoms with E-state index in [4.69, 9.17) is 0 Å². The number of nitro benzene ring substituents is 2. The van der Waals surface area contributed by atoms with Crippen LogP contribution in [0.2, 0.25) is 0 Å². The summed E-state index contributed by atoms with van der Waals surface area (Å²) in [6.45, 7) is 0. The van der Waals surface area contributed by atoms with E-state index >= 15 is 0 Å². The summed E-state index contributed by atoms with van der Waals surface area (Å²) in [7, 11) is 0. The van der Waals surface area contributed by atoms with Crippen molar-refractivity contribution in [1.82, 2.24) is 10.1 Å². The van der Waals surface area contributed by atoms with Crippen molar-refractivity contribution in [3.63, 3.8) is 0 Å². The first-order valence-electron chi connectivity index (χ1n) is 4.28. The van der Waals surface area contributed by atoms with E-state index in [2.05, 4.69) is 14.7 Å². The summed E-state index contributed by atoms with van der Waals surface area (Å²) in [6.07, 6.45) is 1.03. The molecule has 17 heavy (non-hydrogen) atoms. The maximum atomic E-state index is 10.6. The molecule has 0 saturated carbocycles. The van der Waals surface area contributed by atoms with Crippen molar-refractivity contribution in [2.45, 2.75) is 0 Å². The highest BCUT2D eigenvalue weighted by molar-refractivity contribution is 5.63. The van der Waals surface area contributed by atoms with Crippen LogP contribution in [0.3, 0.4) is 0 Å². The van der Waals surface area contributed by atoms with Crippen LogP contribution in [0.15, 0.2) is 29.1 Å². The van der Waals surface area contributed by atoms with Gasteiger partial charge < -0.3 is 4.52 Å². The number of hydrogen-bond donors (Lipinski definition) is 0. The van der Waals surface area contributed by atoms with E-state index in [1.54, 1.807) is 0 Å². The Bertz CT molecular complexity index is 547. The van der Waals surface area contributed by atoms with Crippen LogP contribution in [-0.2, 0) is 0 Å². The Morgan fingerprint density at radius 3 is 2.06 bits per heavy atom. The van der Waals surface area contributed by atoms with Gasteiger partial charge in [0.15, 0.2) is 0 Å². The summed E-state index contributed by atoms with van der Waals surface area (Å²) in [5.41, 5.74) is -0.655. The minimum Gasteiger partial charge on any atom is -0.342 e. The van der Waals surface area contributed by atoms with Gasteiger partial charge in [0, 0.05) is 17.7 Å². The molecule has 86 valence electrons. The van der Waals surface area contributed by atoms with Crippen molar-refractivity contribution in [3.8, 4) is 11.4 Å². The highest BCUT2D eigenvalue weighted by Gasteiger charge is 2.18. The standard InChI is InChI=1S/C8H4N4O5/c13-11(14)6-1-5(8-9-4-17-10-8)2-7(3-6)12(15)16/h1-4H. The van der Waals surface area contributed by atoms with Gasteiger partial charge >= 0.3 is 0 Å². The Morgan fingerprint density at radius 2 is 1.65 bits per heavy atom. The predicted molar refractivity (Wildman–Crippen MR) is 53.0 cm³/mol. The van der Waals surface area contributed by atoms with Crippen LogP contribution >= 0.6 is 0 Å². The molecule has 0 bridgehead atoms. The lowest BCUT2D eigenvalue weighted by Crippen LogP contribution is -1.94. The number of nitrogens with zero attached hydrogens (tertiary/aromatic N) is 4. The van der Waals surface area contributed by atoms with E-state index in [1.165, 1.54) is 0 Å². The first-order chi connectivity index (χ1) is 8.08. The Morgan fingerprint density at radius 1 is 1.06 bits per heavy atom. The molecule has 2 aromatic rings. The van der Waals surface area contributed by atoms with Gasteiger partial charge in [-0.05, 0) is 0 Å². The summed E-state index contributed by atoms with van der Waals surface area (Å²) < 4.78 is 4.47. The third-order valence-electron chi connectivity index (χ3n) is 1.94. The van der Waals surface area contributed by atoms with Crippen LogP contribution in [0.5, 0.6) is 0 Å². The first-order valence-corrected chi connectivity index (χ1v) is 4.28. The maximum absolute atomic E-state index is 10.6. The lowest BCUT2D eigenvalue weighted by Gasteiger charge is -1.96. The predicted octanol–water partition coefficient (Wildman–Crippen LogP) is 1.55. The van der Waals surface area contributed by atoms with E-state index in [9.17, 15) is 20.2 Å². The lowest BCUT2D eigenvalue weighted by molar-refractivity contribution is -0.394. The number of rotatable bonds is 3. The Labute approximate surface area is 93.0 Å². The third-order valence-corrected chi connectivity index (χ3v) is 1.94. The van der Waals surface area contributed by atoms with Gasteiger partial charge in [-0.3, -0.25) is 20.2 Å². The second-order valence-electron chi connectivity index (χ2n) is 3.01. The summed E-state index contributed by atoms with van der Waals surface area (Å²) in [4.78, 5) is 23.4. The zero-order valence-corrected chi connectivity index (χ0v) is 8.14. The SMILES string of the molecule is O=[N+]([O-])c1cc(-c2ncon2)cc([N+](=O)[O-])c1. The Balaban J connectivity index is 2.60. The van der Waals surface area contributed by atoms with Crippen LogP contribution in [0, 0.1) is 20.2 Å². The number of hydrogen-bond acceptors (Lipinski definition) is 7. The van der Waals surface area contributed by atoms with Crippen molar-refractivity contribution < 1.29 is 14.4 Å². The molecule has 0 aliphatic heterocycles. The summed E-state index contributed by atoms with van der Waals surface area (Å²) >= 11 is 0. The monoisotopic (exact) mass is 236 g/mol. The summed E-state index contributed by atoms with van der Waals surface area (Å²) in [5, 5.41) is 24.7. The zero-order valence-electron chi connectivity index (χ0n) is 8.14. The smallest absolute Gasteiger partial charge is 0.277 e. The molecule has 2 rings (SSSR count). The number of non-ortho nitro benzene ring substituents is 2. The zero-order chi connectivity index (χ0) is 12.4. The van der Waals surface area contributed by atoms with Crippen molar-refractivity contribution in [1.29, 1.82) is 0 Å². The average molecular weight is 236 g/mol. The van der Waals surface area contributed by atoms with Crippen LogP contribution in [0.4, 0.5) is 11.4 Å². The van der Waals surface area contributed by atoms with Crippen molar-refractivity contribution >= 4 is 11.4 Å². The van der Waals surface area contributed by atoms with E-state index in [1.807, 2.05) is 0 Å². The van der Waals surface area contributed by atoms with E-state index in [-0.39, 0.29) is 11.4 Å². The minimum absolute atomic E-state index is 0.0526. The molecule has 9 nitrogen and oxygen atoms in total. The second kappa shape index (κ2) is 3.96. The number of benzene rings is 1. The fraction of sp³-hybridized carbons (Fsp3) is 0. The topological polar surface area (TPSA) is 125 Å². The van der Waals surface area contributed by atoms with Crippen LogP contribution in [0.25, 0.3) is 11.4 Å². The molecular weight excluding hydrogens is 232 g/mol. The first kappa shape index (κ1) is 10.7. The van der Waals surface area contributed by atoms with Gasteiger partial charge in [-0.25, -0.2) is 0 Å². The van der Waals surface area contributed by atoms with Crippen LogP contribution in [0.1, 0.15) is 0 Å². The second-order valence-corrected chi connectivity index (χ2v) is 3.01. The van der Waals surface area contributed by atoms with Crippen LogP contribution < -0.4 is 0 Å². The summed E-state index contributed by atoms with van der Waals surface area (Å²) in [5.74, 6) is 0.0526. The average Bonchev–Trinajstić information content (AvgIpc) is 2.81. The van der Waals surface area contributed by atoms with Gasteiger partial charge in [0.1, 0.15) is 0 Å². The molecule has 1 aromatic heterocycles. The van der Waals surface area contributed by atoms with Gasteiger partial charge in [-0.1, -0.05) is 5.16 Å². The molecule has 0 aliphatic rings. The molecule has 0 radical (unpaired) electrons. The molecule has 0 amide bonds. The maximum Gasteiger partial charge on any atom is 0.277 e. The van der Waals surface area contributed by atoms with E-state index < -0.39 is 21.2 Å². The molecule has 0 atom stereocenters. The quantitative estimate of drug-likeness (QED) is 0.584. The van der Waals surface area contributed by atoms with Gasteiger partial charge in [-0.2, -0.15) is 4.98 Å². The van der Waals surface area contributed by atoms with Gasteiger partial charge in [0.05, 0.1) is 15.9 Å². The molecule has 1 heterocycles. The van der Waals surface area contributed by atoms with Crippen molar-refractivity contribution in [2.75, 3.05) is 0 Å². The molecule has 0 aliphatic carbocycles. The molecule has 0 unspecified atom stereocenters. The molecule has 0 saturated heterocycles. The summed E-state index contributed by atoms with van der Waals surface area (Å²) in [6, 6.07) is 3.14. The number of aromatic nitrogens is 2. The third kappa shape index (κ3) is 2.07.